The van der Waals surface area contributed by atoms with E-state index in [-0.39, 0.29) is 23.0 Å². The van der Waals surface area contributed by atoms with E-state index in [4.69, 9.17) is 0 Å². The van der Waals surface area contributed by atoms with E-state index >= 15 is 0 Å². The van der Waals surface area contributed by atoms with Gasteiger partial charge in [-0.1, -0.05) is 50.2 Å². The monoisotopic (exact) mass is 449 g/mol. The van der Waals surface area contributed by atoms with Crippen LogP contribution in [-0.4, -0.2) is 22.2 Å². The number of rotatable bonds is 6. The zero-order chi connectivity index (χ0) is 23.5. The lowest BCUT2D eigenvalue weighted by Crippen LogP contribution is -2.33. The number of carbonyl (C=O) groups is 1. The molecule has 0 bridgehead atoms. The van der Waals surface area contributed by atoms with Crippen LogP contribution in [-0.2, 0) is 0 Å². The van der Waals surface area contributed by atoms with E-state index in [0.29, 0.717) is 5.56 Å². The number of carbonyl (C=O) groups excluding carboxylic acids is 1. The second kappa shape index (κ2) is 9.21. The molecule has 0 aliphatic heterocycles. The Hall–Kier alpha value is -3.69. The second-order valence-corrected chi connectivity index (χ2v) is 7.28. The third-order valence-electron chi connectivity index (χ3n) is 4.52. The van der Waals surface area contributed by atoms with Crippen LogP contribution >= 0.6 is 0 Å². The number of halogens is 4. The minimum Gasteiger partial charge on any atom is -0.403 e. The number of hydrogen-bond donors (Lipinski definition) is 2. The fourth-order valence-electron chi connectivity index (χ4n) is 3.07. The van der Waals surface area contributed by atoms with Crippen LogP contribution in [0.3, 0.4) is 0 Å². The van der Waals surface area contributed by atoms with Crippen LogP contribution in [0.5, 0.6) is 5.75 Å². The lowest BCUT2D eigenvalue weighted by Gasteiger charge is -2.23. The van der Waals surface area contributed by atoms with Gasteiger partial charge in [0.05, 0.1) is 6.04 Å². The van der Waals surface area contributed by atoms with Crippen molar-refractivity contribution in [1.82, 2.24) is 15.3 Å². The van der Waals surface area contributed by atoms with Crippen LogP contribution < -0.4 is 15.6 Å². The van der Waals surface area contributed by atoms with E-state index in [1.165, 1.54) is 6.07 Å². The van der Waals surface area contributed by atoms with Crippen molar-refractivity contribution >= 4 is 5.91 Å². The van der Waals surface area contributed by atoms with Gasteiger partial charge in [-0.15, -0.1) is 13.2 Å². The summed E-state index contributed by atoms with van der Waals surface area (Å²) < 4.78 is 54.9. The lowest BCUT2D eigenvalue weighted by atomic mass is 9.95. The summed E-state index contributed by atoms with van der Waals surface area (Å²) in [6.07, 6.45) is -5.03. The van der Waals surface area contributed by atoms with E-state index in [1.54, 1.807) is 44.2 Å². The first-order valence-electron chi connectivity index (χ1n) is 9.56. The molecule has 32 heavy (non-hydrogen) atoms. The summed E-state index contributed by atoms with van der Waals surface area (Å²) in [5.41, 5.74) is 0.135. The maximum absolute atomic E-state index is 14.2. The number of aromatic amines is 1. The molecule has 0 fully saturated rings. The highest BCUT2D eigenvalue weighted by Crippen LogP contribution is 2.30. The van der Waals surface area contributed by atoms with Gasteiger partial charge in [-0.3, -0.25) is 9.59 Å². The van der Waals surface area contributed by atoms with Gasteiger partial charge >= 0.3 is 6.36 Å². The Morgan fingerprint density at radius 2 is 1.78 bits per heavy atom. The van der Waals surface area contributed by atoms with Crippen LogP contribution in [0, 0.1) is 11.7 Å². The first-order valence-corrected chi connectivity index (χ1v) is 9.56. The summed E-state index contributed by atoms with van der Waals surface area (Å²) in [5, 5.41) is 2.67. The molecule has 168 valence electrons. The number of nitrogens with one attached hydrogen (secondary N) is 2. The molecule has 0 saturated carbocycles. The first-order chi connectivity index (χ1) is 15.0. The lowest BCUT2D eigenvalue weighted by molar-refractivity contribution is -0.275. The van der Waals surface area contributed by atoms with Crippen molar-refractivity contribution in [2.75, 3.05) is 0 Å². The summed E-state index contributed by atoms with van der Waals surface area (Å²) in [5.74, 6) is -2.95. The number of hydrogen-bond acceptors (Lipinski definition) is 4. The van der Waals surface area contributed by atoms with Crippen molar-refractivity contribution in [2.24, 2.45) is 5.92 Å². The Labute approximate surface area is 180 Å². The summed E-state index contributed by atoms with van der Waals surface area (Å²) in [6, 6.07) is 11.9. The molecule has 2 aromatic carbocycles. The van der Waals surface area contributed by atoms with Crippen molar-refractivity contribution in [3.63, 3.8) is 0 Å². The average molecular weight is 449 g/mol. The number of benzene rings is 2. The SMILES string of the molecule is CC(C)C(NC(=O)c1cc(=O)[nH]c(-c2ccccc2)n1)c1ccc(OC(F)(F)F)c(F)c1. The second-order valence-electron chi connectivity index (χ2n) is 7.28. The fraction of sp³-hybridized carbons (Fsp3) is 0.227. The maximum atomic E-state index is 14.2. The van der Waals surface area contributed by atoms with Gasteiger partial charge in [0.15, 0.2) is 11.6 Å². The highest BCUT2D eigenvalue weighted by Gasteiger charge is 2.32. The number of alkyl halides is 3. The van der Waals surface area contributed by atoms with Crippen molar-refractivity contribution in [3.05, 3.63) is 82.0 Å². The number of aromatic nitrogens is 2. The molecule has 1 atom stereocenters. The molecular weight excluding hydrogens is 430 g/mol. The summed E-state index contributed by atoms with van der Waals surface area (Å²) in [7, 11) is 0. The Kier molecular flexibility index (Phi) is 6.61. The number of H-pyrrole nitrogens is 1. The molecule has 6 nitrogen and oxygen atoms in total. The molecule has 3 aromatic rings. The van der Waals surface area contributed by atoms with E-state index < -0.39 is 35.4 Å². The highest BCUT2D eigenvalue weighted by molar-refractivity contribution is 5.92. The normalized spacial score (nSPS) is 12.5. The van der Waals surface area contributed by atoms with Crippen molar-refractivity contribution in [2.45, 2.75) is 26.3 Å². The Bertz CT molecular complexity index is 1160. The third kappa shape index (κ3) is 5.71. The van der Waals surface area contributed by atoms with Crippen molar-refractivity contribution in [1.29, 1.82) is 0 Å². The summed E-state index contributed by atoms with van der Waals surface area (Å²) in [6.45, 7) is 3.48. The van der Waals surface area contributed by atoms with Crippen LogP contribution in [0.2, 0.25) is 0 Å². The number of amides is 1. The first kappa shape index (κ1) is 23.0. The molecule has 0 aliphatic carbocycles. The van der Waals surface area contributed by atoms with Crippen LogP contribution in [0.15, 0.2) is 59.4 Å². The molecule has 1 heterocycles. The largest absolute Gasteiger partial charge is 0.573 e. The molecule has 0 spiro atoms. The predicted octanol–water partition coefficient (Wildman–Crippen LogP) is 4.60. The van der Waals surface area contributed by atoms with Gasteiger partial charge < -0.3 is 15.0 Å². The Morgan fingerprint density at radius 1 is 1.09 bits per heavy atom. The molecule has 3 rings (SSSR count). The minimum absolute atomic E-state index is 0.157. The van der Waals surface area contributed by atoms with Gasteiger partial charge in [-0.2, -0.15) is 0 Å². The zero-order valence-corrected chi connectivity index (χ0v) is 17.0. The van der Waals surface area contributed by atoms with Gasteiger partial charge in [0.25, 0.3) is 11.5 Å². The van der Waals surface area contributed by atoms with Gasteiger partial charge in [0, 0.05) is 11.6 Å². The van der Waals surface area contributed by atoms with Gasteiger partial charge in [0.1, 0.15) is 11.5 Å². The minimum atomic E-state index is -5.03. The van der Waals surface area contributed by atoms with Crippen molar-refractivity contribution in [3.8, 4) is 17.1 Å². The molecule has 0 saturated heterocycles. The topological polar surface area (TPSA) is 84.1 Å². The smallest absolute Gasteiger partial charge is 0.403 e. The Morgan fingerprint density at radius 3 is 2.38 bits per heavy atom. The average Bonchev–Trinajstić information content (AvgIpc) is 2.72. The van der Waals surface area contributed by atoms with Crippen LogP contribution in [0.1, 0.15) is 35.9 Å². The number of ether oxygens (including phenoxy) is 1. The quantitative estimate of drug-likeness (QED) is 0.539. The molecule has 1 aromatic heterocycles. The van der Waals surface area contributed by atoms with Gasteiger partial charge in [-0.05, 0) is 23.6 Å². The molecule has 2 N–H and O–H groups in total. The van der Waals surface area contributed by atoms with Gasteiger partial charge in [-0.25, -0.2) is 9.37 Å². The molecular formula is C22H19F4N3O3. The standard InChI is InChI=1S/C22H19F4N3O3/c1-12(2)19(14-8-9-17(15(23)10-14)32-22(24,25)26)29-21(31)16-11-18(30)28-20(27-16)13-6-4-3-5-7-13/h3-12,19H,1-2H3,(H,29,31)(H,27,28,30). The Balaban J connectivity index is 1.87. The molecule has 0 aliphatic rings. The van der Waals surface area contributed by atoms with E-state index in [1.807, 2.05) is 0 Å². The zero-order valence-electron chi connectivity index (χ0n) is 17.0. The molecule has 0 radical (unpaired) electrons. The van der Waals surface area contributed by atoms with Crippen LogP contribution in [0.25, 0.3) is 11.4 Å². The molecule has 10 heteroatoms. The fourth-order valence-corrected chi connectivity index (χ4v) is 3.07. The number of nitrogens with zero attached hydrogens (tertiary/aromatic N) is 1. The molecule has 1 amide bonds. The van der Waals surface area contributed by atoms with E-state index in [2.05, 4.69) is 20.0 Å². The summed E-state index contributed by atoms with van der Waals surface area (Å²) >= 11 is 0. The van der Waals surface area contributed by atoms with Gasteiger partial charge in [0.2, 0.25) is 0 Å². The van der Waals surface area contributed by atoms with Crippen molar-refractivity contribution < 1.29 is 27.1 Å². The van der Waals surface area contributed by atoms with Crippen LogP contribution in [0.4, 0.5) is 17.6 Å². The summed E-state index contributed by atoms with van der Waals surface area (Å²) in [4.78, 5) is 31.6. The highest BCUT2D eigenvalue weighted by atomic mass is 19.4. The van der Waals surface area contributed by atoms with E-state index in [0.717, 1.165) is 18.2 Å². The predicted molar refractivity (Wildman–Crippen MR) is 108 cm³/mol. The maximum Gasteiger partial charge on any atom is 0.573 e. The van der Waals surface area contributed by atoms with E-state index in [9.17, 15) is 27.2 Å². The molecule has 1 unspecified atom stereocenters. The third-order valence-corrected chi connectivity index (χ3v) is 4.52.